The second kappa shape index (κ2) is 16.8. The standard InChI is InChI=1S/C18H33ClO/c1-2-3-4-5-6-7-8-9-10-11-12-13-14-15-16-17-18(19)20/h12-13H,2-11,14-17H2,1H3/b13-12+. The van der Waals surface area contributed by atoms with Crippen LogP contribution < -0.4 is 0 Å². The maximum atomic E-state index is 10.5. The van der Waals surface area contributed by atoms with E-state index in [2.05, 4.69) is 19.1 Å². The van der Waals surface area contributed by atoms with Crippen LogP contribution in [-0.4, -0.2) is 5.24 Å². The number of carbonyl (C=O) groups excluding carboxylic acids is 1. The lowest BCUT2D eigenvalue weighted by molar-refractivity contribution is -0.111. The van der Waals surface area contributed by atoms with E-state index in [1.807, 2.05) is 0 Å². The second-order valence-electron chi connectivity index (χ2n) is 5.69. The average molecular weight is 301 g/mol. The van der Waals surface area contributed by atoms with Gasteiger partial charge in [0.25, 0.3) is 0 Å². The Morgan fingerprint density at radius 2 is 1.20 bits per heavy atom. The van der Waals surface area contributed by atoms with Gasteiger partial charge in [-0.15, -0.1) is 0 Å². The lowest BCUT2D eigenvalue weighted by Crippen LogP contribution is -1.84. The Morgan fingerprint density at radius 3 is 1.70 bits per heavy atom. The fourth-order valence-electron chi connectivity index (χ4n) is 2.33. The quantitative estimate of drug-likeness (QED) is 0.185. The molecule has 118 valence electrons. The zero-order valence-electron chi connectivity index (χ0n) is 13.3. The van der Waals surface area contributed by atoms with Crippen molar-refractivity contribution in [2.45, 2.75) is 96.8 Å². The highest BCUT2D eigenvalue weighted by Crippen LogP contribution is 2.11. The Labute approximate surface area is 131 Å². The molecule has 0 aromatic rings. The molecule has 0 amide bonds. The van der Waals surface area contributed by atoms with Crippen molar-refractivity contribution in [2.24, 2.45) is 0 Å². The first-order chi connectivity index (χ1) is 9.77. The summed E-state index contributed by atoms with van der Waals surface area (Å²) >= 11 is 5.28. The number of rotatable bonds is 15. The summed E-state index contributed by atoms with van der Waals surface area (Å²) in [5.74, 6) is 0. The van der Waals surface area contributed by atoms with Gasteiger partial charge in [-0.2, -0.15) is 0 Å². The third kappa shape index (κ3) is 17.7. The second-order valence-corrected chi connectivity index (χ2v) is 6.11. The van der Waals surface area contributed by atoms with Gasteiger partial charge in [-0.25, -0.2) is 0 Å². The molecular weight excluding hydrogens is 268 g/mol. The average Bonchev–Trinajstić information content (AvgIpc) is 2.43. The van der Waals surface area contributed by atoms with Crippen LogP contribution in [-0.2, 0) is 4.79 Å². The van der Waals surface area contributed by atoms with Gasteiger partial charge in [0.2, 0.25) is 5.24 Å². The Kier molecular flexibility index (Phi) is 16.5. The van der Waals surface area contributed by atoms with E-state index in [1.54, 1.807) is 0 Å². The van der Waals surface area contributed by atoms with Crippen LogP contribution in [0.25, 0.3) is 0 Å². The molecule has 0 atom stereocenters. The minimum atomic E-state index is -0.205. The molecule has 0 aliphatic rings. The van der Waals surface area contributed by atoms with Crippen molar-refractivity contribution in [1.29, 1.82) is 0 Å². The number of unbranched alkanes of at least 4 members (excludes halogenated alkanes) is 11. The molecule has 0 aliphatic carbocycles. The van der Waals surface area contributed by atoms with E-state index in [1.165, 1.54) is 64.2 Å². The molecule has 0 saturated heterocycles. The number of halogens is 1. The van der Waals surface area contributed by atoms with Gasteiger partial charge in [0.1, 0.15) is 0 Å². The minimum absolute atomic E-state index is 0.205. The molecule has 0 aliphatic heterocycles. The molecule has 0 aromatic carbocycles. The molecule has 0 unspecified atom stereocenters. The number of hydrogen-bond acceptors (Lipinski definition) is 1. The van der Waals surface area contributed by atoms with Crippen molar-refractivity contribution in [3.8, 4) is 0 Å². The number of allylic oxidation sites excluding steroid dienone is 2. The molecule has 0 rings (SSSR count). The normalized spacial score (nSPS) is 11.3. The summed E-state index contributed by atoms with van der Waals surface area (Å²) in [5.41, 5.74) is 0. The fraction of sp³-hybridized carbons (Fsp3) is 0.833. The molecular formula is C18H33ClO. The zero-order valence-corrected chi connectivity index (χ0v) is 14.1. The van der Waals surface area contributed by atoms with Gasteiger partial charge in [-0.3, -0.25) is 4.79 Å². The van der Waals surface area contributed by atoms with Crippen LogP contribution in [0.4, 0.5) is 0 Å². The molecule has 2 heteroatoms. The largest absolute Gasteiger partial charge is 0.281 e. The van der Waals surface area contributed by atoms with Crippen molar-refractivity contribution in [1.82, 2.24) is 0 Å². The molecule has 0 spiro atoms. The Hall–Kier alpha value is -0.300. The van der Waals surface area contributed by atoms with Crippen molar-refractivity contribution in [2.75, 3.05) is 0 Å². The molecule has 0 fully saturated rings. The monoisotopic (exact) mass is 300 g/mol. The van der Waals surface area contributed by atoms with Crippen LogP contribution in [0.5, 0.6) is 0 Å². The SMILES string of the molecule is CCCCCCCCCCC/C=C/CCCCC(=O)Cl. The minimum Gasteiger partial charge on any atom is -0.281 e. The van der Waals surface area contributed by atoms with Gasteiger partial charge in [0.15, 0.2) is 0 Å². The Bertz CT molecular complexity index is 236. The molecule has 0 N–H and O–H groups in total. The lowest BCUT2D eigenvalue weighted by atomic mass is 10.1. The highest BCUT2D eigenvalue weighted by Gasteiger charge is 1.94. The smallest absolute Gasteiger partial charge is 0.221 e. The van der Waals surface area contributed by atoms with Gasteiger partial charge in [-0.1, -0.05) is 70.4 Å². The topological polar surface area (TPSA) is 17.1 Å². The van der Waals surface area contributed by atoms with Crippen molar-refractivity contribution in [3.63, 3.8) is 0 Å². The van der Waals surface area contributed by atoms with Crippen LogP contribution >= 0.6 is 11.6 Å². The van der Waals surface area contributed by atoms with E-state index in [0.29, 0.717) is 6.42 Å². The van der Waals surface area contributed by atoms with Gasteiger partial charge >= 0.3 is 0 Å². The summed E-state index contributed by atoms with van der Waals surface area (Å²) < 4.78 is 0. The van der Waals surface area contributed by atoms with Crippen molar-refractivity contribution >= 4 is 16.8 Å². The Morgan fingerprint density at radius 1 is 0.750 bits per heavy atom. The molecule has 1 nitrogen and oxygen atoms in total. The maximum absolute atomic E-state index is 10.5. The third-order valence-electron chi connectivity index (χ3n) is 3.64. The number of carbonyl (C=O) groups is 1. The van der Waals surface area contributed by atoms with Gasteiger partial charge in [0.05, 0.1) is 0 Å². The van der Waals surface area contributed by atoms with Crippen molar-refractivity contribution < 1.29 is 4.79 Å². The first-order valence-electron chi connectivity index (χ1n) is 8.60. The van der Waals surface area contributed by atoms with E-state index >= 15 is 0 Å². The Balaban J connectivity index is 3.06. The molecule has 0 saturated carbocycles. The fourth-order valence-corrected chi connectivity index (χ4v) is 2.47. The summed E-state index contributed by atoms with van der Waals surface area (Å²) in [4.78, 5) is 10.5. The summed E-state index contributed by atoms with van der Waals surface area (Å²) in [6, 6.07) is 0. The molecule has 0 radical (unpaired) electrons. The van der Waals surface area contributed by atoms with Crippen molar-refractivity contribution in [3.05, 3.63) is 12.2 Å². The van der Waals surface area contributed by atoms with Crippen LogP contribution in [0.3, 0.4) is 0 Å². The summed E-state index contributed by atoms with van der Waals surface area (Å²) in [6.45, 7) is 2.27. The first kappa shape index (κ1) is 19.7. The van der Waals surface area contributed by atoms with E-state index in [-0.39, 0.29) is 5.24 Å². The van der Waals surface area contributed by atoms with Crippen LogP contribution in [0.15, 0.2) is 12.2 Å². The molecule has 20 heavy (non-hydrogen) atoms. The third-order valence-corrected chi connectivity index (χ3v) is 3.82. The van der Waals surface area contributed by atoms with E-state index in [0.717, 1.165) is 19.3 Å². The first-order valence-corrected chi connectivity index (χ1v) is 8.98. The summed E-state index contributed by atoms with van der Waals surface area (Å²) in [5, 5.41) is -0.205. The summed E-state index contributed by atoms with van der Waals surface area (Å²) in [6.07, 6.45) is 21.9. The van der Waals surface area contributed by atoms with E-state index < -0.39 is 0 Å². The van der Waals surface area contributed by atoms with Crippen LogP contribution in [0.2, 0.25) is 0 Å². The predicted molar refractivity (Wildman–Crippen MR) is 90.3 cm³/mol. The summed E-state index contributed by atoms with van der Waals surface area (Å²) in [7, 11) is 0. The van der Waals surface area contributed by atoms with Crippen LogP contribution in [0, 0.1) is 0 Å². The molecule has 0 bridgehead atoms. The van der Waals surface area contributed by atoms with Gasteiger partial charge in [-0.05, 0) is 43.7 Å². The van der Waals surface area contributed by atoms with Gasteiger partial charge in [0, 0.05) is 6.42 Å². The van der Waals surface area contributed by atoms with Gasteiger partial charge < -0.3 is 0 Å². The predicted octanol–water partition coefficient (Wildman–Crippen LogP) is 6.79. The zero-order chi connectivity index (χ0) is 14.9. The van der Waals surface area contributed by atoms with E-state index in [4.69, 9.17) is 11.6 Å². The maximum Gasteiger partial charge on any atom is 0.221 e. The highest BCUT2D eigenvalue weighted by atomic mass is 35.5. The number of hydrogen-bond donors (Lipinski definition) is 0. The highest BCUT2D eigenvalue weighted by molar-refractivity contribution is 6.63. The van der Waals surface area contributed by atoms with E-state index in [9.17, 15) is 4.79 Å². The molecule has 0 aromatic heterocycles. The van der Waals surface area contributed by atoms with Crippen LogP contribution in [0.1, 0.15) is 96.8 Å². The molecule has 0 heterocycles. The lowest BCUT2D eigenvalue weighted by Gasteiger charge is -2.00.